The molecular formula is C13H24O5. The van der Waals surface area contributed by atoms with Crippen molar-refractivity contribution in [1.29, 1.82) is 0 Å². The molecule has 0 saturated carbocycles. The van der Waals surface area contributed by atoms with Crippen molar-refractivity contribution >= 4 is 11.9 Å². The SMILES string of the molecule is CCCCOCCCCC(C(=O)OC)C(=O)OC. The summed E-state index contributed by atoms with van der Waals surface area (Å²) < 4.78 is 14.5. The molecule has 5 heteroatoms. The zero-order valence-corrected chi connectivity index (χ0v) is 11.6. The third-order valence-corrected chi connectivity index (χ3v) is 2.65. The predicted molar refractivity (Wildman–Crippen MR) is 67.1 cm³/mol. The molecule has 0 radical (unpaired) electrons. The van der Waals surface area contributed by atoms with Crippen molar-refractivity contribution in [2.45, 2.75) is 39.0 Å². The van der Waals surface area contributed by atoms with Crippen molar-refractivity contribution in [1.82, 2.24) is 0 Å². The molecule has 0 bridgehead atoms. The molecule has 0 rings (SSSR count). The van der Waals surface area contributed by atoms with Crippen molar-refractivity contribution in [2.75, 3.05) is 27.4 Å². The molecule has 0 aromatic heterocycles. The minimum Gasteiger partial charge on any atom is -0.468 e. The highest BCUT2D eigenvalue weighted by Crippen LogP contribution is 2.12. The fourth-order valence-electron chi connectivity index (χ4n) is 1.52. The minimum atomic E-state index is -0.810. The molecule has 0 aromatic rings. The molecular weight excluding hydrogens is 236 g/mol. The summed E-state index contributed by atoms with van der Waals surface area (Å²) in [5.41, 5.74) is 0. The zero-order valence-electron chi connectivity index (χ0n) is 11.6. The van der Waals surface area contributed by atoms with E-state index >= 15 is 0 Å². The van der Waals surface area contributed by atoms with Gasteiger partial charge in [-0.05, 0) is 25.7 Å². The third kappa shape index (κ3) is 7.27. The maximum Gasteiger partial charge on any atom is 0.320 e. The van der Waals surface area contributed by atoms with Crippen LogP contribution in [-0.4, -0.2) is 39.4 Å². The number of rotatable bonds is 10. The van der Waals surface area contributed by atoms with Crippen LogP contribution in [0.5, 0.6) is 0 Å². The number of carbonyl (C=O) groups excluding carboxylic acids is 2. The van der Waals surface area contributed by atoms with Crippen LogP contribution in [-0.2, 0) is 23.8 Å². The molecule has 0 saturated heterocycles. The van der Waals surface area contributed by atoms with Gasteiger partial charge in [0.25, 0.3) is 0 Å². The maximum atomic E-state index is 11.4. The van der Waals surface area contributed by atoms with Crippen molar-refractivity contribution in [3.8, 4) is 0 Å². The van der Waals surface area contributed by atoms with Gasteiger partial charge < -0.3 is 14.2 Å². The highest BCUT2D eigenvalue weighted by molar-refractivity contribution is 5.94. The number of unbranched alkanes of at least 4 members (excludes halogenated alkanes) is 2. The van der Waals surface area contributed by atoms with Crippen LogP contribution in [0.15, 0.2) is 0 Å². The average molecular weight is 260 g/mol. The minimum absolute atomic E-state index is 0.441. The number of carbonyl (C=O) groups is 2. The third-order valence-electron chi connectivity index (χ3n) is 2.65. The maximum absolute atomic E-state index is 11.4. The van der Waals surface area contributed by atoms with Crippen LogP contribution in [0.3, 0.4) is 0 Å². The molecule has 0 heterocycles. The Kier molecular flexibility index (Phi) is 10.3. The Morgan fingerprint density at radius 3 is 2.00 bits per heavy atom. The Bertz CT molecular complexity index is 224. The first-order chi connectivity index (χ1) is 8.67. The largest absolute Gasteiger partial charge is 0.468 e. The second-order valence-electron chi connectivity index (χ2n) is 4.06. The van der Waals surface area contributed by atoms with E-state index in [1.165, 1.54) is 14.2 Å². The number of methoxy groups -OCH3 is 2. The van der Waals surface area contributed by atoms with E-state index in [1.807, 2.05) is 0 Å². The summed E-state index contributed by atoms with van der Waals surface area (Å²) in [7, 11) is 2.54. The fourth-order valence-corrected chi connectivity index (χ4v) is 1.52. The van der Waals surface area contributed by atoms with Crippen LogP contribution in [0.1, 0.15) is 39.0 Å². The normalized spacial score (nSPS) is 10.4. The first kappa shape index (κ1) is 16.9. The van der Waals surface area contributed by atoms with Crippen LogP contribution in [0, 0.1) is 5.92 Å². The molecule has 0 unspecified atom stereocenters. The fraction of sp³-hybridized carbons (Fsp3) is 0.846. The van der Waals surface area contributed by atoms with E-state index in [-0.39, 0.29) is 0 Å². The summed E-state index contributed by atoms with van der Waals surface area (Å²) in [5.74, 6) is -1.88. The Morgan fingerprint density at radius 2 is 1.50 bits per heavy atom. The van der Waals surface area contributed by atoms with Crippen molar-refractivity contribution in [3.05, 3.63) is 0 Å². The monoisotopic (exact) mass is 260 g/mol. The molecule has 0 aliphatic rings. The van der Waals surface area contributed by atoms with Gasteiger partial charge in [-0.25, -0.2) is 0 Å². The van der Waals surface area contributed by atoms with Gasteiger partial charge in [-0.2, -0.15) is 0 Å². The zero-order chi connectivity index (χ0) is 13.8. The Hall–Kier alpha value is -1.10. The topological polar surface area (TPSA) is 61.8 Å². The lowest BCUT2D eigenvalue weighted by atomic mass is 10.0. The van der Waals surface area contributed by atoms with Crippen molar-refractivity contribution in [2.24, 2.45) is 5.92 Å². The van der Waals surface area contributed by atoms with Crippen LogP contribution in [0.25, 0.3) is 0 Å². The lowest BCUT2D eigenvalue weighted by Gasteiger charge is -2.12. The molecule has 0 spiro atoms. The first-order valence-corrected chi connectivity index (χ1v) is 6.40. The molecule has 5 nitrogen and oxygen atoms in total. The number of esters is 2. The van der Waals surface area contributed by atoms with E-state index in [0.717, 1.165) is 32.3 Å². The summed E-state index contributed by atoms with van der Waals surface area (Å²) in [6, 6.07) is 0. The lowest BCUT2D eigenvalue weighted by Crippen LogP contribution is -2.26. The van der Waals surface area contributed by atoms with Gasteiger partial charge in [0.15, 0.2) is 5.92 Å². The van der Waals surface area contributed by atoms with E-state index in [0.29, 0.717) is 13.0 Å². The summed E-state index contributed by atoms with van der Waals surface area (Å²) >= 11 is 0. The predicted octanol–water partition coefficient (Wildman–Crippen LogP) is 1.94. The quantitative estimate of drug-likeness (QED) is 0.341. The van der Waals surface area contributed by atoms with Gasteiger partial charge in [0.2, 0.25) is 0 Å². The molecule has 0 aromatic carbocycles. The van der Waals surface area contributed by atoms with Gasteiger partial charge in [0, 0.05) is 13.2 Å². The first-order valence-electron chi connectivity index (χ1n) is 6.40. The van der Waals surface area contributed by atoms with E-state index in [2.05, 4.69) is 16.4 Å². The Balaban J connectivity index is 3.77. The van der Waals surface area contributed by atoms with Crippen LogP contribution < -0.4 is 0 Å². The average Bonchev–Trinajstić information content (AvgIpc) is 2.40. The van der Waals surface area contributed by atoms with Gasteiger partial charge in [-0.3, -0.25) is 9.59 Å². The molecule has 0 N–H and O–H groups in total. The van der Waals surface area contributed by atoms with Crippen molar-refractivity contribution in [3.63, 3.8) is 0 Å². The van der Waals surface area contributed by atoms with Crippen molar-refractivity contribution < 1.29 is 23.8 Å². The van der Waals surface area contributed by atoms with E-state index in [4.69, 9.17) is 4.74 Å². The standard InChI is InChI=1S/C13H24O5/c1-4-5-9-18-10-7-6-8-11(12(14)16-2)13(15)17-3/h11H,4-10H2,1-3H3. The molecule has 18 heavy (non-hydrogen) atoms. The van der Waals surface area contributed by atoms with E-state index in [9.17, 15) is 9.59 Å². The van der Waals surface area contributed by atoms with Crippen LogP contribution in [0.2, 0.25) is 0 Å². The summed E-state index contributed by atoms with van der Waals surface area (Å²) in [5, 5.41) is 0. The highest BCUT2D eigenvalue weighted by atomic mass is 16.5. The second kappa shape index (κ2) is 11.0. The Morgan fingerprint density at radius 1 is 0.944 bits per heavy atom. The second-order valence-corrected chi connectivity index (χ2v) is 4.06. The summed E-state index contributed by atoms with van der Waals surface area (Å²) in [6.07, 6.45) is 4.19. The van der Waals surface area contributed by atoms with Crippen LogP contribution >= 0.6 is 0 Å². The molecule has 0 atom stereocenters. The molecule has 0 fully saturated rings. The van der Waals surface area contributed by atoms with Gasteiger partial charge in [-0.15, -0.1) is 0 Å². The Labute approximate surface area is 109 Å². The molecule has 0 aliphatic heterocycles. The smallest absolute Gasteiger partial charge is 0.320 e. The molecule has 0 amide bonds. The molecule has 0 aliphatic carbocycles. The van der Waals surface area contributed by atoms with Gasteiger partial charge in [0.05, 0.1) is 14.2 Å². The lowest BCUT2D eigenvalue weighted by molar-refractivity contribution is -0.159. The number of hydrogen-bond donors (Lipinski definition) is 0. The van der Waals surface area contributed by atoms with E-state index < -0.39 is 17.9 Å². The number of ether oxygens (including phenoxy) is 3. The van der Waals surface area contributed by atoms with Gasteiger partial charge >= 0.3 is 11.9 Å². The number of hydrogen-bond acceptors (Lipinski definition) is 5. The van der Waals surface area contributed by atoms with Crippen LogP contribution in [0.4, 0.5) is 0 Å². The summed E-state index contributed by atoms with van der Waals surface area (Å²) in [6.45, 7) is 3.55. The van der Waals surface area contributed by atoms with E-state index in [1.54, 1.807) is 0 Å². The van der Waals surface area contributed by atoms with Gasteiger partial charge in [-0.1, -0.05) is 13.3 Å². The van der Waals surface area contributed by atoms with Gasteiger partial charge in [0.1, 0.15) is 0 Å². The molecule has 106 valence electrons. The highest BCUT2D eigenvalue weighted by Gasteiger charge is 2.27. The summed E-state index contributed by atoms with van der Waals surface area (Å²) in [4.78, 5) is 22.7.